The lowest BCUT2D eigenvalue weighted by molar-refractivity contribution is -0.192. The number of hydrogen-bond acceptors (Lipinski definition) is 7. The van der Waals surface area contributed by atoms with Crippen molar-refractivity contribution in [2.45, 2.75) is 57.6 Å². The standard InChI is InChI=1S/C25H32ClN3O3.C2HF3O2/c1-17-4-3-5-24(32-18(2)30)25(17)29-15-22(23(31)16-29)27-21-10-12-28(13-11-21)14-19-6-8-20(26)9-7-19;3-2(4,5)1(6)7/h3-9,21-23,27,31H,10-16H2,1-2H3;(H,6,7)/t22-,23-;/m0./s1. The lowest BCUT2D eigenvalue weighted by Crippen LogP contribution is -2.49. The first-order valence-electron chi connectivity index (χ1n) is 12.6. The Morgan fingerprint density at radius 1 is 1.10 bits per heavy atom. The number of likely N-dealkylation sites (tertiary alicyclic amines) is 1. The van der Waals surface area contributed by atoms with Crippen LogP contribution in [-0.4, -0.2) is 77.6 Å². The van der Waals surface area contributed by atoms with Crippen LogP contribution in [0.2, 0.25) is 5.02 Å². The number of para-hydroxylation sites is 1. The van der Waals surface area contributed by atoms with E-state index in [1.54, 1.807) is 0 Å². The number of nitrogens with one attached hydrogen (secondary N) is 1. The number of alkyl halides is 3. The number of aliphatic carboxylic acids is 1. The first-order valence-corrected chi connectivity index (χ1v) is 12.9. The number of aliphatic hydroxyl groups is 1. The van der Waals surface area contributed by atoms with Crippen LogP contribution in [-0.2, 0) is 16.1 Å². The first-order chi connectivity index (χ1) is 18.3. The molecule has 0 spiro atoms. The molecule has 0 bridgehead atoms. The minimum Gasteiger partial charge on any atom is -0.475 e. The van der Waals surface area contributed by atoms with Crippen LogP contribution in [0.4, 0.5) is 18.9 Å². The average Bonchev–Trinajstić information content (AvgIpc) is 3.20. The van der Waals surface area contributed by atoms with Crippen molar-refractivity contribution in [3.63, 3.8) is 0 Å². The number of ether oxygens (including phenoxy) is 1. The van der Waals surface area contributed by atoms with E-state index in [2.05, 4.69) is 27.2 Å². The fourth-order valence-electron chi connectivity index (χ4n) is 4.82. The Kier molecular flexibility index (Phi) is 10.6. The highest BCUT2D eigenvalue weighted by Crippen LogP contribution is 2.34. The summed E-state index contributed by atoms with van der Waals surface area (Å²) in [7, 11) is 0. The van der Waals surface area contributed by atoms with Gasteiger partial charge in [-0.2, -0.15) is 13.2 Å². The molecule has 214 valence electrons. The largest absolute Gasteiger partial charge is 0.490 e. The van der Waals surface area contributed by atoms with Gasteiger partial charge in [0, 0.05) is 37.6 Å². The number of rotatable bonds is 6. The lowest BCUT2D eigenvalue weighted by Gasteiger charge is -2.34. The molecule has 2 aliphatic heterocycles. The molecule has 12 heteroatoms. The van der Waals surface area contributed by atoms with Crippen LogP contribution in [0, 0.1) is 6.92 Å². The number of benzene rings is 2. The number of halogens is 4. The molecular formula is C27H33ClF3N3O5. The average molecular weight is 572 g/mol. The molecule has 2 fully saturated rings. The number of piperidine rings is 1. The van der Waals surface area contributed by atoms with Crippen LogP contribution in [0.25, 0.3) is 0 Å². The van der Waals surface area contributed by atoms with E-state index >= 15 is 0 Å². The Balaban J connectivity index is 0.000000532. The third-order valence-electron chi connectivity index (χ3n) is 6.66. The third-order valence-corrected chi connectivity index (χ3v) is 6.91. The highest BCUT2D eigenvalue weighted by atomic mass is 35.5. The van der Waals surface area contributed by atoms with Crippen molar-refractivity contribution in [3.8, 4) is 5.75 Å². The van der Waals surface area contributed by atoms with E-state index in [4.69, 9.17) is 26.2 Å². The van der Waals surface area contributed by atoms with Gasteiger partial charge in [-0.1, -0.05) is 35.9 Å². The van der Waals surface area contributed by atoms with Crippen LogP contribution in [0.15, 0.2) is 42.5 Å². The van der Waals surface area contributed by atoms with Gasteiger partial charge in [-0.25, -0.2) is 4.79 Å². The number of esters is 1. The van der Waals surface area contributed by atoms with Crippen LogP contribution in [0.5, 0.6) is 5.75 Å². The molecule has 0 aliphatic carbocycles. The second kappa shape index (κ2) is 13.5. The highest BCUT2D eigenvalue weighted by Gasteiger charge is 2.38. The predicted molar refractivity (Wildman–Crippen MR) is 141 cm³/mol. The molecule has 4 rings (SSSR count). The van der Waals surface area contributed by atoms with Gasteiger partial charge in [0.2, 0.25) is 0 Å². The normalized spacial score (nSPS) is 20.3. The topological polar surface area (TPSA) is 102 Å². The molecule has 0 aromatic heterocycles. The summed E-state index contributed by atoms with van der Waals surface area (Å²) >= 11 is 5.99. The van der Waals surface area contributed by atoms with Gasteiger partial charge in [0.1, 0.15) is 0 Å². The second-order valence-electron chi connectivity index (χ2n) is 9.74. The summed E-state index contributed by atoms with van der Waals surface area (Å²) in [6, 6.07) is 14.2. The summed E-state index contributed by atoms with van der Waals surface area (Å²) in [6.45, 7) is 7.62. The van der Waals surface area contributed by atoms with Crippen molar-refractivity contribution in [2.75, 3.05) is 31.1 Å². The number of β-amino-alcohol motifs (C(OH)–C–C–N with tert-alkyl or cyclic N) is 1. The Morgan fingerprint density at radius 2 is 1.72 bits per heavy atom. The summed E-state index contributed by atoms with van der Waals surface area (Å²) in [5, 5.41) is 22.3. The zero-order valence-electron chi connectivity index (χ0n) is 21.7. The van der Waals surface area contributed by atoms with Gasteiger partial charge in [-0.15, -0.1) is 0 Å². The van der Waals surface area contributed by atoms with Crippen LogP contribution < -0.4 is 15.0 Å². The zero-order valence-corrected chi connectivity index (χ0v) is 22.5. The zero-order chi connectivity index (χ0) is 28.7. The number of carboxylic acids is 1. The number of hydrogen-bond donors (Lipinski definition) is 3. The van der Waals surface area contributed by atoms with Crippen molar-refractivity contribution < 1.29 is 37.7 Å². The number of aryl methyl sites for hydroxylation is 1. The molecule has 2 aromatic carbocycles. The molecule has 2 atom stereocenters. The fraction of sp³-hybridized carbons (Fsp3) is 0.481. The molecular weight excluding hydrogens is 539 g/mol. The minimum atomic E-state index is -5.08. The molecule has 3 N–H and O–H groups in total. The molecule has 2 aromatic rings. The van der Waals surface area contributed by atoms with Crippen LogP contribution in [0.1, 0.15) is 30.9 Å². The summed E-state index contributed by atoms with van der Waals surface area (Å²) in [5.41, 5.74) is 3.21. The van der Waals surface area contributed by atoms with Gasteiger partial charge < -0.3 is 25.2 Å². The van der Waals surface area contributed by atoms with E-state index < -0.39 is 18.2 Å². The van der Waals surface area contributed by atoms with Crippen LogP contribution in [0.3, 0.4) is 0 Å². The highest BCUT2D eigenvalue weighted by molar-refractivity contribution is 6.30. The van der Waals surface area contributed by atoms with E-state index in [9.17, 15) is 23.1 Å². The van der Waals surface area contributed by atoms with Gasteiger partial charge in [0.25, 0.3) is 0 Å². The van der Waals surface area contributed by atoms with Gasteiger partial charge in [-0.3, -0.25) is 9.69 Å². The molecule has 0 amide bonds. The predicted octanol–water partition coefficient (Wildman–Crippen LogP) is 4.01. The molecule has 0 unspecified atom stereocenters. The number of carboxylic acid groups (broad SMARTS) is 1. The molecule has 0 saturated carbocycles. The van der Waals surface area contributed by atoms with E-state index in [0.717, 1.165) is 48.7 Å². The Bertz CT molecular complexity index is 1120. The molecule has 2 saturated heterocycles. The molecule has 2 aliphatic rings. The number of nitrogens with zero attached hydrogens (tertiary/aromatic N) is 2. The monoisotopic (exact) mass is 571 g/mol. The lowest BCUT2D eigenvalue weighted by atomic mass is 10.0. The second-order valence-corrected chi connectivity index (χ2v) is 10.2. The SMILES string of the molecule is CC(=O)Oc1cccc(C)c1N1C[C@H](NC2CCN(Cc3ccc(Cl)cc3)CC2)[C@@H](O)C1.O=C(O)C(F)(F)F. The van der Waals surface area contributed by atoms with Crippen molar-refractivity contribution >= 4 is 29.2 Å². The Labute approximate surface area is 230 Å². The van der Waals surface area contributed by atoms with E-state index in [-0.39, 0.29) is 12.0 Å². The summed E-state index contributed by atoms with van der Waals surface area (Å²) < 4.78 is 37.2. The number of carbonyl (C=O) groups is 2. The fourth-order valence-corrected chi connectivity index (χ4v) is 4.94. The van der Waals surface area contributed by atoms with Crippen molar-refractivity contribution in [1.82, 2.24) is 10.2 Å². The maximum Gasteiger partial charge on any atom is 0.490 e. The Morgan fingerprint density at radius 3 is 2.28 bits per heavy atom. The maximum atomic E-state index is 11.5. The molecule has 39 heavy (non-hydrogen) atoms. The summed E-state index contributed by atoms with van der Waals surface area (Å²) in [4.78, 5) is 25.0. The first kappa shape index (κ1) is 30.7. The third kappa shape index (κ3) is 9.10. The maximum absolute atomic E-state index is 11.5. The van der Waals surface area contributed by atoms with Gasteiger partial charge in [0.05, 0.1) is 17.8 Å². The molecule has 2 heterocycles. The van der Waals surface area contributed by atoms with Crippen LogP contribution >= 0.6 is 11.6 Å². The van der Waals surface area contributed by atoms with E-state index in [0.29, 0.717) is 24.9 Å². The smallest absolute Gasteiger partial charge is 0.475 e. The van der Waals surface area contributed by atoms with Gasteiger partial charge >= 0.3 is 18.1 Å². The van der Waals surface area contributed by atoms with E-state index in [1.807, 2.05) is 37.3 Å². The van der Waals surface area contributed by atoms with Crippen molar-refractivity contribution in [1.29, 1.82) is 0 Å². The minimum absolute atomic E-state index is 0.00685. The quantitative estimate of drug-likeness (QED) is 0.353. The molecule has 8 nitrogen and oxygen atoms in total. The van der Waals surface area contributed by atoms with Crippen molar-refractivity contribution in [3.05, 3.63) is 58.6 Å². The number of aliphatic hydroxyl groups excluding tert-OH is 1. The van der Waals surface area contributed by atoms with Crippen molar-refractivity contribution in [2.24, 2.45) is 0 Å². The number of carbonyl (C=O) groups excluding carboxylic acids is 1. The summed E-state index contributed by atoms with van der Waals surface area (Å²) in [5.74, 6) is -2.54. The number of anilines is 1. The molecule has 0 radical (unpaired) electrons. The van der Waals surface area contributed by atoms with E-state index in [1.165, 1.54) is 12.5 Å². The Hall–Kier alpha value is -2.86. The van der Waals surface area contributed by atoms with Gasteiger partial charge in [-0.05, 0) is 62.2 Å². The summed E-state index contributed by atoms with van der Waals surface area (Å²) in [6.07, 6.45) is -3.44. The van der Waals surface area contributed by atoms with Gasteiger partial charge in [0.15, 0.2) is 5.75 Å².